The van der Waals surface area contributed by atoms with E-state index in [1.54, 1.807) is 0 Å². The number of rotatable bonds is 5. The smallest absolute Gasteiger partial charge is 0.00792 e. The standard InChI is InChI=1S/C15H24N2/c1-13(11-14-5-3-2-4-6-14)17-12-15-7-9-16-10-8-15/h2-6,13,15-17H,7-12H2,1H3. The Morgan fingerprint density at radius 3 is 2.65 bits per heavy atom. The van der Waals surface area contributed by atoms with Crippen molar-refractivity contribution in [1.82, 2.24) is 10.6 Å². The van der Waals surface area contributed by atoms with Crippen molar-refractivity contribution in [1.29, 1.82) is 0 Å². The molecule has 0 aromatic heterocycles. The van der Waals surface area contributed by atoms with Crippen molar-refractivity contribution < 1.29 is 0 Å². The van der Waals surface area contributed by atoms with E-state index >= 15 is 0 Å². The van der Waals surface area contributed by atoms with Gasteiger partial charge in [-0.1, -0.05) is 30.3 Å². The summed E-state index contributed by atoms with van der Waals surface area (Å²) in [5, 5.41) is 7.09. The Bertz CT molecular complexity index is 304. The van der Waals surface area contributed by atoms with Crippen LogP contribution in [-0.2, 0) is 6.42 Å². The molecular weight excluding hydrogens is 208 g/mol. The Hall–Kier alpha value is -0.860. The SMILES string of the molecule is CC(Cc1ccccc1)NCC1CCNCC1. The molecule has 0 amide bonds. The molecule has 2 heteroatoms. The molecule has 1 aliphatic heterocycles. The van der Waals surface area contributed by atoms with Crippen LogP contribution in [0, 0.1) is 5.92 Å². The van der Waals surface area contributed by atoms with Crippen molar-refractivity contribution in [2.75, 3.05) is 19.6 Å². The van der Waals surface area contributed by atoms with Gasteiger partial charge < -0.3 is 10.6 Å². The Kier molecular flexibility index (Phi) is 5.02. The summed E-state index contributed by atoms with van der Waals surface area (Å²) in [4.78, 5) is 0. The van der Waals surface area contributed by atoms with E-state index in [2.05, 4.69) is 47.9 Å². The van der Waals surface area contributed by atoms with Crippen LogP contribution in [0.1, 0.15) is 25.3 Å². The number of piperidine rings is 1. The van der Waals surface area contributed by atoms with E-state index in [1.165, 1.54) is 38.0 Å². The summed E-state index contributed by atoms with van der Waals surface area (Å²) in [6.07, 6.45) is 3.78. The van der Waals surface area contributed by atoms with Crippen LogP contribution < -0.4 is 10.6 Å². The molecule has 1 atom stereocenters. The zero-order valence-corrected chi connectivity index (χ0v) is 10.8. The van der Waals surface area contributed by atoms with Gasteiger partial charge in [0.05, 0.1) is 0 Å². The maximum Gasteiger partial charge on any atom is 0.00792 e. The van der Waals surface area contributed by atoms with E-state index in [4.69, 9.17) is 0 Å². The van der Waals surface area contributed by atoms with Crippen molar-refractivity contribution in [2.45, 2.75) is 32.2 Å². The van der Waals surface area contributed by atoms with Gasteiger partial charge in [0.15, 0.2) is 0 Å². The van der Waals surface area contributed by atoms with Gasteiger partial charge >= 0.3 is 0 Å². The summed E-state index contributed by atoms with van der Waals surface area (Å²) < 4.78 is 0. The molecular formula is C15H24N2. The Balaban J connectivity index is 1.68. The molecule has 0 bridgehead atoms. The van der Waals surface area contributed by atoms with Crippen LogP contribution in [0.2, 0.25) is 0 Å². The fourth-order valence-corrected chi connectivity index (χ4v) is 2.49. The molecule has 1 fully saturated rings. The number of benzene rings is 1. The fourth-order valence-electron chi connectivity index (χ4n) is 2.49. The van der Waals surface area contributed by atoms with Gasteiger partial charge in [0.1, 0.15) is 0 Å². The van der Waals surface area contributed by atoms with Crippen LogP contribution >= 0.6 is 0 Å². The van der Waals surface area contributed by atoms with Crippen LogP contribution in [0.3, 0.4) is 0 Å². The van der Waals surface area contributed by atoms with E-state index in [9.17, 15) is 0 Å². The van der Waals surface area contributed by atoms with Crippen molar-refractivity contribution in [3.8, 4) is 0 Å². The number of nitrogens with one attached hydrogen (secondary N) is 2. The molecule has 1 unspecified atom stereocenters. The summed E-state index contributed by atoms with van der Waals surface area (Å²) in [5.74, 6) is 0.870. The third-order valence-corrected chi connectivity index (χ3v) is 3.60. The summed E-state index contributed by atoms with van der Waals surface area (Å²) in [5.41, 5.74) is 1.43. The highest BCUT2D eigenvalue weighted by molar-refractivity contribution is 5.15. The molecule has 1 aromatic carbocycles. The van der Waals surface area contributed by atoms with Gasteiger partial charge in [-0.2, -0.15) is 0 Å². The van der Waals surface area contributed by atoms with E-state index in [0.717, 1.165) is 12.3 Å². The second-order valence-electron chi connectivity index (χ2n) is 5.19. The second kappa shape index (κ2) is 6.77. The zero-order chi connectivity index (χ0) is 11.9. The number of hydrogen-bond donors (Lipinski definition) is 2. The molecule has 1 aliphatic rings. The normalized spacial score (nSPS) is 19.1. The minimum atomic E-state index is 0.576. The molecule has 1 saturated heterocycles. The first kappa shape index (κ1) is 12.6. The minimum Gasteiger partial charge on any atom is -0.317 e. The third kappa shape index (κ3) is 4.49. The van der Waals surface area contributed by atoms with Gasteiger partial charge in [0.25, 0.3) is 0 Å². The fraction of sp³-hybridized carbons (Fsp3) is 0.600. The molecule has 94 valence electrons. The monoisotopic (exact) mass is 232 g/mol. The van der Waals surface area contributed by atoms with Crippen LogP contribution in [0.25, 0.3) is 0 Å². The lowest BCUT2D eigenvalue weighted by Crippen LogP contribution is -2.37. The maximum atomic E-state index is 3.67. The third-order valence-electron chi connectivity index (χ3n) is 3.60. The molecule has 2 N–H and O–H groups in total. The maximum absolute atomic E-state index is 3.67. The Labute approximate surface area is 105 Å². The summed E-state index contributed by atoms with van der Waals surface area (Å²) in [6.45, 7) is 5.85. The number of hydrogen-bond acceptors (Lipinski definition) is 2. The van der Waals surface area contributed by atoms with Gasteiger partial charge in [-0.25, -0.2) is 0 Å². The molecule has 0 radical (unpaired) electrons. The van der Waals surface area contributed by atoms with E-state index in [0.29, 0.717) is 6.04 Å². The van der Waals surface area contributed by atoms with Crippen LogP contribution in [0.4, 0.5) is 0 Å². The minimum absolute atomic E-state index is 0.576. The highest BCUT2D eigenvalue weighted by Gasteiger charge is 2.13. The van der Waals surface area contributed by atoms with Crippen molar-refractivity contribution in [3.05, 3.63) is 35.9 Å². The Morgan fingerprint density at radius 2 is 1.94 bits per heavy atom. The van der Waals surface area contributed by atoms with Crippen molar-refractivity contribution in [2.24, 2.45) is 5.92 Å². The van der Waals surface area contributed by atoms with Gasteiger partial charge in [-0.05, 0) is 57.3 Å². The van der Waals surface area contributed by atoms with Crippen molar-refractivity contribution in [3.63, 3.8) is 0 Å². The van der Waals surface area contributed by atoms with Crippen LogP contribution in [0.5, 0.6) is 0 Å². The zero-order valence-electron chi connectivity index (χ0n) is 10.8. The lowest BCUT2D eigenvalue weighted by Gasteiger charge is -2.24. The molecule has 0 spiro atoms. The molecule has 0 saturated carbocycles. The van der Waals surface area contributed by atoms with Gasteiger partial charge in [-0.15, -0.1) is 0 Å². The van der Waals surface area contributed by atoms with Crippen LogP contribution in [0.15, 0.2) is 30.3 Å². The first-order chi connectivity index (χ1) is 8.34. The average molecular weight is 232 g/mol. The second-order valence-corrected chi connectivity index (χ2v) is 5.19. The first-order valence-corrected chi connectivity index (χ1v) is 6.82. The predicted molar refractivity (Wildman–Crippen MR) is 73.2 cm³/mol. The lowest BCUT2D eigenvalue weighted by atomic mass is 9.97. The van der Waals surface area contributed by atoms with Gasteiger partial charge in [0, 0.05) is 6.04 Å². The van der Waals surface area contributed by atoms with Crippen molar-refractivity contribution >= 4 is 0 Å². The average Bonchev–Trinajstić information content (AvgIpc) is 2.39. The molecule has 0 aliphatic carbocycles. The van der Waals surface area contributed by atoms with E-state index in [1.807, 2.05) is 0 Å². The molecule has 1 aromatic rings. The van der Waals surface area contributed by atoms with Gasteiger partial charge in [-0.3, -0.25) is 0 Å². The topological polar surface area (TPSA) is 24.1 Å². The van der Waals surface area contributed by atoms with E-state index < -0.39 is 0 Å². The highest BCUT2D eigenvalue weighted by atomic mass is 14.9. The summed E-state index contributed by atoms with van der Waals surface area (Å²) >= 11 is 0. The summed E-state index contributed by atoms with van der Waals surface area (Å²) in [6, 6.07) is 11.3. The molecule has 1 heterocycles. The molecule has 2 nitrogen and oxygen atoms in total. The molecule has 17 heavy (non-hydrogen) atoms. The predicted octanol–water partition coefficient (Wildman–Crippen LogP) is 2.21. The quantitative estimate of drug-likeness (QED) is 0.813. The van der Waals surface area contributed by atoms with Crippen LogP contribution in [-0.4, -0.2) is 25.7 Å². The highest BCUT2D eigenvalue weighted by Crippen LogP contribution is 2.10. The first-order valence-electron chi connectivity index (χ1n) is 6.82. The van der Waals surface area contributed by atoms with Gasteiger partial charge in [0.2, 0.25) is 0 Å². The lowest BCUT2D eigenvalue weighted by molar-refractivity contribution is 0.343. The molecule has 2 rings (SSSR count). The Morgan fingerprint density at radius 1 is 1.24 bits per heavy atom. The summed E-state index contributed by atoms with van der Waals surface area (Å²) in [7, 11) is 0. The van der Waals surface area contributed by atoms with E-state index in [-0.39, 0.29) is 0 Å². The largest absolute Gasteiger partial charge is 0.317 e.